The molecule has 0 bridgehead atoms. The van der Waals surface area contributed by atoms with Crippen LogP contribution in [0.25, 0.3) is 0 Å². The maximum atomic E-state index is 12.6. The molecule has 1 amide bonds. The smallest absolute Gasteiger partial charge is 0.276 e. The van der Waals surface area contributed by atoms with Crippen molar-refractivity contribution in [2.24, 2.45) is 0 Å². The predicted molar refractivity (Wildman–Crippen MR) is 105 cm³/mol. The molecule has 2 aromatic heterocycles. The van der Waals surface area contributed by atoms with Crippen molar-refractivity contribution in [1.82, 2.24) is 10.2 Å². The van der Waals surface area contributed by atoms with Gasteiger partial charge in [-0.2, -0.15) is 0 Å². The zero-order valence-electron chi connectivity index (χ0n) is 15.3. The van der Waals surface area contributed by atoms with Gasteiger partial charge < -0.3 is 24.7 Å². The third kappa shape index (κ3) is 4.29. The molecule has 1 saturated heterocycles. The molecule has 1 aromatic carbocycles. The van der Waals surface area contributed by atoms with E-state index >= 15 is 0 Å². The molecule has 3 aromatic rings. The summed E-state index contributed by atoms with van der Waals surface area (Å²) in [5.74, 6) is 1.07. The monoisotopic (exact) mass is 379 g/mol. The third-order valence-corrected chi connectivity index (χ3v) is 4.43. The van der Waals surface area contributed by atoms with Crippen molar-refractivity contribution >= 4 is 23.1 Å². The molecule has 0 spiro atoms. The molecule has 0 unspecified atom stereocenters. The molecular formula is C20H21N5O3. The Morgan fingerprint density at radius 3 is 2.64 bits per heavy atom. The molecule has 1 aliphatic heterocycles. The lowest BCUT2D eigenvalue weighted by Gasteiger charge is -2.30. The van der Waals surface area contributed by atoms with Crippen LogP contribution in [0.4, 0.5) is 17.2 Å². The van der Waals surface area contributed by atoms with Gasteiger partial charge in [-0.25, -0.2) is 0 Å². The van der Waals surface area contributed by atoms with E-state index in [-0.39, 0.29) is 11.6 Å². The van der Waals surface area contributed by atoms with Gasteiger partial charge in [0.25, 0.3) is 5.91 Å². The Balaban J connectivity index is 1.41. The Bertz CT molecular complexity index is 906. The molecule has 0 aliphatic carbocycles. The quantitative estimate of drug-likeness (QED) is 0.680. The molecule has 8 nitrogen and oxygen atoms in total. The molecular weight excluding hydrogens is 358 g/mol. The number of rotatable bonds is 6. The molecule has 0 atom stereocenters. The fraction of sp³-hybridized carbons (Fsp3) is 0.250. The number of carbonyl (C=O) groups is 1. The summed E-state index contributed by atoms with van der Waals surface area (Å²) in [6.07, 6.45) is 1.62. The molecule has 28 heavy (non-hydrogen) atoms. The molecule has 1 fully saturated rings. The molecule has 144 valence electrons. The summed E-state index contributed by atoms with van der Waals surface area (Å²) in [5, 5.41) is 14.1. The zero-order valence-corrected chi connectivity index (χ0v) is 15.3. The van der Waals surface area contributed by atoms with Crippen LogP contribution in [0, 0.1) is 0 Å². The van der Waals surface area contributed by atoms with Crippen LogP contribution in [0.3, 0.4) is 0 Å². The second-order valence-electron chi connectivity index (χ2n) is 6.31. The normalized spacial score (nSPS) is 13.9. The number of aromatic nitrogens is 2. The number of nitrogens with one attached hydrogen (secondary N) is 2. The highest BCUT2D eigenvalue weighted by atomic mass is 16.5. The number of amides is 1. The highest BCUT2D eigenvalue weighted by molar-refractivity contribution is 6.04. The molecule has 0 radical (unpaired) electrons. The van der Waals surface area contributed by atoms with E-state index < -0.39 is 0 Å². The predicted octanol–water partition coefficient (Wildman–Crippen LogP) is 2.77. The van der Waals surface area contributed by atoms with Crippen LogP contribution >= 0.6 is 0 Å². The molecule has 4 rings (SSSR count). The minimum absolute atomic E-state index is 0.250. The average Bonchev–Trinajstić information content (AvgIpc) is 3.27. The van der Waals surface area contributed by atoms with Crippen LogP contribution in [-0.4, -0.2) is 42.4 Å². The van der Waals surface area contributed by atoms with Crippen molar-refractivity contribution in [3.63, 3.8) is 0 Å². The first-order valence-corrected chi connectivity index (χ1v) is 9.13. The largest absolute Gasteiger partial charge is 0.467 e. The SMILES string of the molecule is O=C(Nc1ccccc1N1CCOCC1)c1ccc(NCc2ccco2)nn1. The minimum atomic E-state index is -0.300. The van der Waals surface area contributed by atoms with Crippen LogP contribution in [0.5, 0.6) is 0 Å². The number of morpholine rings is 1. The van der Waals surface area contributed by atoms with Gasteiger partial charge >= 0.3 is 0 Å². The van der Waals surface area contributed by atoms with Crippen LogP contribution in [0.15, 0.2) is 59.2 Å². The molecule has 0 saturated carbocycles. The number of para-hydroxylation sites is 2. The molecule has 3 heterocycles. The van der Waals surface area contributed by atoms with Crippen LogP contribution in [-0.2, 0) is 11.3 Å². The summed E-state index contributed by atoms with van der Waals surface area (Å²) in [5.41, 5.74) is 1.97. The lowest BCUT2D eigenvalue weighted by molar-refractivity contribution is 0.102. The van der Waals surface area contributed by atoms with Gasteiger partial charge in [0.05, 0.1) is 37.4 Å². The Hall–Kier alpha value is -3.39. The number of benzene rings is 1. The van der Waals surface area contributed by atoms with E-state index in [4.69, 9.17) is 9.15 Å². The first kappa shape index (κ1) is 18.0. The molecule has 2 N–H and O–H groups in total. The van der Waals surface area contributed by atoms with Gasteiger partial charge in [0.1, 0.15) is 11.6 Å². The van der Waals surface area contributed by atoms with Crippen molar-refractivity contribution in [3.8, 4) is 0 Å². The summed E-state index contributed by atoms with van der Waals surface area (Å²) in [7, 11) is 0. The minimum Gasteiger partial charge on any atom is -0.467 e. The van der Waals surface area contributed by atoms with Crippen LogP contribution in [0.2, 0.25) is 0 Å². The standard InChI is InChI=1S/C20H21N5O3/c26-20(17-7-8-19(24-23-17)21-14-15-4-3-11-28-15)22-16-5-1-2-6-18(16)25-9-12-27-13-10-25/h1-8,11H,9-10,12-14H2,(H,21,24)(H,22,26). The maximum absolute atomic E-state index is 12.6. The second kappa shape index (κ2) is 8.53. The van der Waals surface area contributed by atoms with Gasteiger partial charge in [0.2, 0.25) is 0 Å². The number of hydrogen-bond donors (Lipinski definition) is 2. The van der Waals surface area contributed by atoms with E-state index in [1.165, 1.54) is 0 Å². The Labute approximate surface area is 162 Å². The highest BCUT2D eigenvalue weighted by Crippen LogP contribution is 2.26. The van der Waals surface area contributed by atoms with Crippen LogP contribution < -0.4 is 15.5 Å². The molecule has 1 aliphatic rings. The number of furan rings is 1. The Kier molecular flexibility index (Phi) is 5.48. The van der Waals surface area contributed by atoms with Crippen LogP contribution in [0.1, 0.15) is 16.2 Å². The Morgan fingerprint density at radius 2 is 1.89 bits per heavy atom. The van der Waals surface area contributed by atoms with E-state index in [0.29, 0.717) is 25.6 Å². The fourth-order valence-electron chi connectivity index (χ4n) is 2.98. The maximum Gasteiger partial charge on any atom is 0.276 e. The van der Waals surface area contributed by atoms with E-state index in [2.05, 4.69) is 25.7 Å². The van der Waals surface area contributed by atoms with Crippen molar-refractivity contribution in [1.29, 1.82) is 0 Å². The summed E-state index contributed by atoms with van der Waals surface area (Å²) in [6, 6.07) is 14.8. The number of hydrogen-bond acceptors (Lipinski definition) is 7. The Morgan fingerprint density at radius 1 is 1.04 bits per heavy atom. The van der Waals surface area contributed by atoms with Crippen molar-refractivity contribution in [2.45, 2.75) is 6.54 Å². The van der Waals surface area contributed by atoms with Gasteiger partial charge in [-0.05, 0) is 36.4 Å². The third-order valence-electron chi connectivity index (χ3n) is 4.43. The lowest BCUT2D eigenvalue weighted by Crippen LogP contribution is -2.36. The topological polar surface area (TPSA) is 92.5 Å². The van der Waals surface area contributed by atoms with Crippen molar-refractivity contribution in [2.75, 3.05) is 41.8 Å². The summed E-state index contributed by atoms with van der Waals surface area (Å²) in [4.78, 5) is 14.8. The fourth-order valence-corrected chi connectivity index (χ4v) is 2.98. The average molecular weight is 379 g/mol. The van der Waals surface area contributed by atoms with Gasteiger partial charge in [0.15, 0.2) is 5.69 Å². The van der Waals surface area contributed by atoms with Gasteiger partial charge in [-0.3, -0.25) is 4.79 Å². The van der Waals surface area contributed by atoms with Crippen molar-refractivity contribution < 1.29 is 13.9 Å². The highest BCUT2D eigenvalue weighted by Gasteiger charge is 2.17. The number of carbonyl (C=O) groups excluding carboxylic acids is 1. The second-order valence-corrected chi connectivity index (χ2v) is 6.31. The zero-order chi connectivity index (χ0) is 19.2. The number of nitrogens with zero attached hydrogens (tertiary/aromatic N) is 3. The van der Waals surface area contributed by atoms with Gasteiger partial charge in [0, 0.05) is 13.1 Å². The van der Waals surface area contributed by atoms with Crippen molar-refractivity contribution in [3.05, 3.63) is 66.2 Å². The lowest BCUT2D eigenvalue weighted by atomic mass is 10.2. The first-order chi connectivity index (χ1) is 13.8. The van der Waals surface area contributed by atoms with E-state index in [0.717, 1.165) is 30.2 Å². The summed E-state index contributed by atoms with van der Waals surface area (Å²) < 4.78 is 10.7. The summed E-state index contributed by atoms with van der Waals surface area (Å²) >= 11 is 0. The number of ether oxygens (including phenoxy) is 1. The summed E-state index contributed by atoms with van der Waals surface area (Å²) in [6.45, 7) is 3.45. The number of anilines is 3. The van der Waals surface area contributed by atoms with Gasteiger partial charge in [-0.15, -0.1) is 10.2 Å². The van der Waals surface area contributed by atoms with E-state index in [9.17, 15) is 4.79 Å². The van der Waals surface area contributed by atoms with Gasteiger partial charge in [-0.1, -0.05) is 12.1 Å². The van der Waals surface area contributed by atoms with E-state index in [1.54, 1.807) is 18.4 Å². The first-order valence-electron chi connectivity index (χ1n) is 9.13. The molecule has 8 heteroatoms. The van der Waals surface area contributed by atoms with E-state index in [1.807, 2.05) is 36.4 Å².